The van der Waals surface area contributed by atoms with Crippen LogP contribution in [0.2, 0.25) is 0 Å². The highest BCUT2D eigenvalue weighted by Crippen LogP contribution is 2.26. The van der Waals surface area contributed by atoms with Crippen molar-refractivity contribution in [3.63, 3.8) is 0 Å². The van der Waals surface area contributed by atoms with E-state index in [0.717, 1.165) is 17.4 Å². The SMILES string of the molecule is Cc1cnc2c(S(=O)(=O)N3CCN(C(C)C(=O)NC4CCCCC4C)CC3)cccc2c1. The van der Waals surface area contributed by atoms with Crippen LogP contribution in [0.5, 0.6) is 0 Å². The van der Waals surface area contributed by atoms with Gasteiger partial charge in [0.15, 0.2) is 0 Å². The zero-order valence-electron chi connectivity index (χ0n) is 19.3. The van der Waals surface area contributed by atoms with Gasteiger partial charge in [-0.25, -0.2) is 8.42 Å². The number of amides is 1. The van der Waals surface area contributed by atoms with Crippen molar-refractivity contribution < 1.29 is 13.2 Å². The predicted octanol–water partition coefficient (Wildman–Crippen LogP) is 2.93. The molecule has 2 fully saturated rings. The Morgan fingerprint density at radius 3 is 2.59 bits per heavy atom. The maximum atomic E-state index is 13.4. The van der Waals surface area contributed by atoms with Crippen molar-refractivity contribution in [2.75, 3.05) is 26.2 Å². The van der Waals surface area contributed by atoms with Crippen LogP contribution in [-0.2, 0) is 14.8 Å². The summed E-state index contributed by atoms with van der Waals surface area (Å²) in [6.07, 6.45) is 6.32. The number of pyridine rings is 1. The van der Waals surface area contributed by atoms with E-state index in [9.17, 15) is 13.2 Å². The van der Waals surface area contributed by atoms with Gasteiger partial charge in [-0.2, -0.15) is 4.31 Å². The summed E-state index contributed by atoms with van der Waals surface area (Å²) in [6, 6.07) is 7.23. The van der Waals surface area contributed by atoms with Crippen LogP contribution in [0.3, 0.4) is 0 Å². The number of nitrogens with one attached hydrogen (secondary N) is 1. The molecule has 3 unspecified atom stereocenters. The summed E-state index contributed by atoms with van der Waals surface area (Å²) < 4.78 is 28.3. The molecule has 3 atom stereocenters. The molecule has 1 aliphatic heterocycles. The second kappa shape index (κ2) is 9.45. The Balaban J connectivity index is 1.41. The number of carbonyl (C=O) groups is 1. The minimum atomic E-state index is -3.66. The molecule has 1 saturated carbocycles. The molecule has 32 heavy (non-hydrogen) atoms. The van der Waals surface area contributed by atoms with Gasteiger partial charge in [-0.3, -0.25) is 14.7 Å². The highest BCUT2D eigenvalue weighted by Gasteiger charge is 2.34. The number of benzene rings is 1. The Morgan fingerprint density at radius 2 is 1.88 bits per heavy atom. The van der Waals surface area contributed by atoms with Crippen molar-refractivity contribution >= 4 is 26.8 Å². The Hall–Kier alpha value is -2.03. The van der Waals surface area contributed by atoms with E-state index in [2.05, 4.69) is 22.1 Å². The third kappa shape index (κ3) is 4.67. The average Bonchev–Trinajstić information content (AvgIpc) is 2.79. The molecule has 2 aromatic rings. The Labute approximate surface area is 191 Å². The molecule has 174 valence electrons. The number of nitrogens with zero attached hydrogens (tertiary/aromatic N) is 3. The van der Waals surface area contributed by atoms with E-state index >= 15 is 0 Å². The van der Waals surface area contributed by atoms with Crippen LogP contribution in [0.4, 0.5) is 0 Å². The number of aryl methyl sites for hydroxylation is 1. The van der Waals surface area contributed by atoms with Gasteiger partial charge in [-0.1, -0.05) is 31.9 Å². The molecule has 2 aliphatic rings. The van der Waals surface area contributed by atoms with Gasteiger partial charge in [0.2, 0.25) is 15.9 Å². The minimum absolute atomic E-state index is 0.0497. The summed E-state index contributed by atoms with van der Waals surface area (Å²) in [7, 11) is -3.66. The molecule has 1 amide bonds. The van der Waals surface area contributed by atoms with E-state index in [-0.39, 0.29) is 22.9 Å². The van der Waals surface area contributed by atoms with Gasteiger partial charge < -0.3 is 5.32 Å². The number of hydrogen-bond donors (Lipinski definition) is 1. The van der Waals surface area contributed by atoms with Gasteiger partial charge in [0.05, 0.1) is 11.6 Å². The second-order valence-electron chi connectivity index (χ2n) is 9.33. The van der Waals surface area contributed by atoms with Crippen molar-refractivity contribution in [1.82, 2.24) is 19.5 Å². The van der Waals surface area contributed by atoms with Crippen molar-refractivity contribution in [1.29, 1.82) is 0 Å². The van der Waals surface area contributed by atoms with E-state index in [1.165, 1.54) is 23.6 Å². The van der Waals surface area contributed by atoms with Crippen LogP contribution >= 0.6 is 0 Å². The van der Waals surface area contributed by atoms with Gasteiger partial charge in [-0.05, 0) is 50.3 Å². The second-order valence-corrected chi connectivity index (χ2v) is 11.2. The third-order valence-electron chi connectivity index (χ3n) is 7.07. The van der Waals surface area contributed by atoms with E-state index in [4.69, 9.17) is 0 Å². The number of para-hydroxylation sites is 1. The van der Waals surface area contributed by atoms with Gasteiger partial charge in [0, 0.05) is 43.8 Å². The quantitative estimate of drug-likeness (QED) is 0.745. The Morgan fingerprint density at radius 1 is 1.16 bits per heavy atom. The van der Waals surface area contributed by atoms with Crippen LogP contribution in [0.1, 0.15) is 45.1 Å². The van der Waals surface area contributed by atoms with Gasteiger partial charge >= 0.3 is 0 Å². The fourth-order valence-electron chi connectivity index (χ4n) is 4.92. The summed E-state index contributed by atoms with van der Waals surface area (Å²) in [5.74, 6) is 0.564. The van der Waals surface area contributed by atoms with Crippen LogP contribution in [0.25, 0.3) is 10.9 Å². The molecular formula is C24H34N4O3S. The summed E-state index contributed by atoms with van der Waals surface area (Å²) in [6.45, 7) is 7.87. The fraction of sp³-hybridized carbons (Fsp3) is 0.583. The van der Waals surface area contributed by atoms with Crippen molar-refractivity contribution in [3.8, 4) is 0 Å². The summed E-state index contributed by atoms with van der Waals surface area (Å²) in [5, 5.41) is 4.06. The lowest BCUT2D eigenvalue weighted by Gasteiger charge is -2.38. The summed E-state index contributed by atoms with van der Waals surface area (Å²) in [5.41, 5.74) is 1.51. The first-order chi connectivity index (χ1) is 15.3. The number of hydrogen-bond acceptors (Lipinski definition) is 5. The number of fused-ring (bicyclic) bond motifs is 1. The number of rotatable bonds is 5. The molecule has 1 N–H and O–H groups in total. The zero-order chi connectivity index (χ0) is 22.9. The smallest absolute Gasteiger partial charge is 0.245 e. The first-order valence-electron chi connectivity index (χ1n) is 11.7. The largest absolute Gasteiger partial charge is 0.352 e. The van der Waals surface area contributed by atoms with Crippen LogP contribution in [0, 0.1) is 12.8 Å². The molecule has 1 aromatic carbocycles. The highest BCUT2D eigenvalue weighted by atomic mass is 32.2. The predicted molar refractivity (Wildman–Crippen MR) is 126 cm³/mol. The maximum absolute atomic E-state index is 13.4. The molecule has 1 aromatic heterocycles. The lowest BCUT2D eigenvalue weighted by molar-refractivity contribution is -0.127. The van der Waals surface area contributed by atoms with Gasteiger partial charge in [0.25, 0.3) is 0 Å². The number of carbonyl (C=O) groups excluding carboxylic acids is 1. The van der Waals surface area contributed by atoms with Crippen LogP contribution in [-0.4, -0.2) is 66.8 Å². The van der Waals surface area contributed by atoms with Crippen molar-refractivity contribution in [2.45, 2.75) is 63.4 Å². The molecule has 4 rings (SSSR count). The first kappa shape index (κ1) is 23.1. The molecule has 8 heteroatoms. The topological polar surface area (TPSA) is 82.6 Å². The molecule has 0 radical (unpaired) electrons. The normalized spacial score (nSPS) is 24.3. The highest BCUT2D eigenvalue weighted by molar-refractivity contribution is 7.89. The first-order valence-corrected chi connectivity index (χ1v) is 13.1. The molecule has 1 saturated heterocycles. The minimum Gasteiger partial charge on any atom is -0.352 e. The van der Waals surface area contributed by atoms with E-state index in [1.54, 1.807) is 18.3 Å². The molecular weight excluding hydrogens is 424 g/mol. The van der Waals surface area contributed by atoms with Crippen LogP contribution in [0.15, 0.2) is 35.4 Å². The fourth-order valence-corrected chi connectivity index (χ4v) is 6.51. The summed E-state index contributed by atoms with van der Waals surface area (Å²) >= 11 is 0. The number of sulfonamides is 1. The van der Waals surface area contributed by atoms with Crippen molar-refractivity contribution in [3.05, 3.63) is 36.0 Å². The lowest BCUT2D eigenvalue weighted by Crippen LogP contribution is -2.56. The average molecular weight is 459 g/mol. The van der Waals surface area contributed by atoms with Gasteiger partial charge in [-0.15, -0.1) is 0 Å². The third-order valence-corrected chi connectivity index (χ3v) is 9.00. The van der Waals surface area contributed by atoms with Crippen molar-refractivity contribution in [2.24, 2.45) is 5.92 Å². The molecule has 1 aliphatic carbocycles. The molecule has 7 nitrogen and oxygen atoms in total. The molecule has 2 heterocycles. The van der Waals surface area contributed by atoms with Gasteiger partial charge in [0.1, 0.15) is 4.90 Å². The lowest BCUT2D eigenvalue weighted by atomic mass is 9.86. The number of piperazine rings is 1. The molecule has 0 bridgehead atoms. The van der Waals surface area contributed by atoms with E-state index in [0.29, 0.717) is 37.6 Å². The maximum Gasteiger partial charge on any atom is 0.245 e. The Bertz CT molecular complexity index is 1080. The standard InChI is InChI=1S/C24H34N4O3S/c1-17-15-20-8-6-10-22(23(20)25-16-17)32(30,31)28-13-11-27(12-14-28)19(3)24(29)26-21-9-5-4-7-18(21)2/h6,8,10,15-16,18-19,21H,4-5,7,9,11-14H2,1-3H3,(H,26,29). The monoisotopic (exact) mass is 458 g/mol. The van der Waals surface area contributed by atoms with E-state index in [1.807, 2.05) is 26.0 Å². The summed E-state index contributed by atoms with van der Waals surface area (Å²) in [4.78, 5) is 19.6. The Kier molecular flexibility index (Phi) is 6.83. The van der Waals surface area contributed by atoms with Crippen LogP contribution < -0.4 is 5.32 Å². The zero-order valence-corrected chi connectivity index (χ0v) is 20.1. The molecule has 0 spiro atoms. The van der Waals surface area contributed by atoms with E-state index < -0.39 is 10.0 Å². The number of aromatic nitrogens is 1.